The fourth-order valence-electron chi connectivity index (χ4n) is 4.87. The second kappa shape index (κ2) is 8.09. The van der Waals surface area contributed by atoms with E-state index in [1.165, 1.54) is 12.8 Å². The van der Waals surface area contributed by atoms with E-state index in [0.717, 1.165) is 57.6 Å². The molecule has 5 rings (SSSR count). The first-order valence-electron chi connectivity index (χ1n) is 11.2. The predicted octanol–water partition coefficient (Wildman–Crippen LogP) is 3.79. The van der Waals surface area contributed by atoms with Crippen molar-refractivity contribution in [3.63, 3.8) is 0 Å². The first-order chi connectivity index (χ1) is 14.7. The molecule has 0 atom stereocenters. The summed E-state index contributed by atoms with van der Waals surface area (Å²) in [5.74, 6) is 0.904. The van der Waals surface area contributed by atoms with Crippen LogP contribution in [-0.4, -0.2) is 38.0 Å². The van der Waals surface area contributed by atoms with Gasteiger partial charge in [0.15, 0.2) is 0 Å². The van der Waals surface area contributed by atoms with Gasteiger partial charge in [-0.15, -0.1) is 0 Å². The Kier molecular flexibility index (Phi) is 5.15. The molecule has 6 heteroatoms. The molecule has 0 aliphatic carbocycles. The van der Waals surface area contributed by atoms with Crippen molar-refractivity contribution in [1.29, 1.82) is 0 Å². The lowest BCUT2D eigenvalue weighted by atomic mass is 10.0. The summed E-state index contributed by atoms with van der Waals surface area (Å²) >= 11 is 0. The molecule has 156 valence electrons. The van der Waals surface area contributed by atoms with Gasteiger partial charge in [-0.3, -0.25) is 14.2 Å². The van der Waals surface area contributed by atoms with Crippen LogP contribution in [0.3, 0.4) is 0 Å². The van der Waals surface area contributed by atoms with Crippen LogP contribution in [0.15, 0.2) is 47.5 Å². The number of piperidine rings is 1. The molecule has 0 saturated carbocycles. The van der Waals surface area contributed by atoms with E-state index in [0.29, 0.717) is 22.5 Å². The van der Waals surface area contributed by atoms with Crippen molar-refractivity contribution < 1.29 is 4.79 Å². The molecule has 2 aromatic heterocycles. The van der Waals surface area contributed by atoms with E-state index in [1.54, 1.807) is 12.1 Å². The number of carbonyl (C=O) groups excluding carboxylic acids is 1. The zero-order chi connectivity index (χ0) is 20.5. The second-order valence-electron chi connectivity index (χ2n) is 8.53. The van der Waals surface area contributed by atoms with E-state index in [-0.39, 0.29) is 11.5 Å². The summed E-state index contributed by atoms with van der Waals surface area (Å²) < 4.78 is 4.08. The van der Waals surface area contributed by atoms with Crippen LogP contribution >= 0.6 is 0 Å². The lowest BCUT2D eigenvalue weighted by Crippen LogP contribution is -2.39. The van der Waals surface area contributed by atoms with Gasteiger partial charge in [0, 0.05) is 50.1 Å². The van der Waals surface area contributed by atoms with Gasteiger partial charge in [-0.25, -0.2) is 4.98 Å². The van der Waals surface area contributed by atoms with Crippen molar-refractivity contribution in [2.75, 3.05) is 13.1 Å². The van der Waals surface area contributed by atoms with Crippen molar-refractivity contribution in [1.82, 2.24) is 19.0 Å². The number of amides is 1. The third kappa shape index (κ3) is 3.55. The quantitative estimate of drug-likeness (QED) is 0.653. The van der Waals surface area contributed by atoms with Gasteiger partial charge in [-0.2, -0.15) is 0 Å². The lowest BCUT2D eigenvalue weighted by Gasteiger charge is -2.33. The predicted molar refractivity (Wildman–Crippen MR) is 117 cm³/mol. The lowest BCUT2D eigenvalue weighted by molar-refractivity contribution is 0.0695. The summed E-state index contributed by atoms with van der Waals surface area (Å²) in [7, 11) is 0. The van der Waals surface area contributed by atoms with Crippen LogP contribution in [0.4, 0.5) is 0 Å². The van der Waals surface area contributed by atoms with Gasteiger partial charge >= 0.3 is 0 Å². The smallest absolute Gasteiger partial charge is 0.261 e. The van der Waals surface area contributed by atoms with Gasteiger partial charge in [0.1, 0.15) is 5.82 Å². The molecule has 0 bridgehead atoms. The van der Waals surface area contributed by atoms with E-state index < -0.39 is 0 Å². The maximum atomic E-state index is 13.1. The summed E-state index contributed by atoms with van der Waals surface area (Å²) in [6, 6.07) is 9.95. The minimum absolute atomic E-state index is 0.0310. The van der Waals surface area contributed by atoms with Crippen molar-refractivity contribution in [2.45, 2.75) is 57.5 Å². The van der Waals surface area contributed by atoms with Gasteiger partial charge < -0.3 is 9.47 Å². The fraction of sp³-hybridized carbons (Fsp3) is 0.458. The van der Waals surface area contributed by atoms with Crippen LogP contribution in [-0.2, 0) is 13.0 Å². The molecule has 1 fully saturated rings. The van der Waals surface area contributed by atoms with Crippen molar-refractivity contribution in [3.8, 4) is 0 Å². The van der Waals surface area contributed by atoms with Gasteiger partial charge in [-0.1, -0.05) is 12.8 Å². The fourth-order valence-corrected chi connectivity index (χ4v) is 4.87. The zero-order valence-corrected chi connectivity index (χ0v) is 17.3. The van der Waals surface area contributed by atoms with E-state index in [1.807, 2.05) is 27.7 Å². The molecule has 1 aromatic carbocycles. The Morgan fingerprint density at radius 1 is 0.967 bits per heavy atom. The number of hydrogen-bond acceptors (Lipinski definition) is 3. The number of rotatable bonds is 2. The molecule has 0 radical (unpaired) electrons. The normalized spacial score (nSPS) is 18.1. The average molecular weight is 405 g/mol. The van der Waals surface area contributed by atoms with E-state index >= 15 is 0 Å². The van der Waals surface area contributed by atoms with E-state index in [2.05, 4.69) is 17.0 Å². The molecular weight excluding hydrogens is 376 g/mol. The highest BCUT2D eigenvalue weighted by atomic mass is 16.2. The Bertz CT molecular complexity index is 1110. The molecule has 6 nitrogen and oxygen atoms in total. The summed E-state index contributed by atoms with van der Waals surface area (Å²) in [5.41, 5.74) is 1.31. The molecular formula is C24H28N4O2. The second-order valence-corrected chi connectivity index (χ2v) is 8.53. The SMILES string of the molecule is O=C(c1ccc2c(=O)n3c(nc2c1)CCCCCC3)N1CCC(n2cccc2)CC1. The maximum Gasteiger partial charge on any atom is 0.261 e. The Morgan fingerprint density at radius 2 is 1.73 bits per heavy atom. The number of hydrogen-bond donors (Lipinski definition) is 0. The molecule has 0 N–H and O–H groups in total. The van der Waals surface area contributed by atoms with Crippen LogP contribution < -0.4 is 5.56 Å². The number of aromatic nitrogens is 3. The summed E-state index contributed by atoms with van der Waals surface area (Å²) in [5, 5.41) is 0.613. The Labute approximate surface area is 176 Å². The molecule has 1 amide bonds. The summed E-state index contributed by atoms with van der Waals surface area (Å²) in [6.45, 7) is 2.24. The van der Waals surface area contributed by atoms with Crippen LogP contribution in [0.25, 0.3) is 10.9 Å². The molecule has 3 aromatic rings. The third-order valence-electron chi connectivity index (χ3n) is 6.61. The van der Waals surface area contributed by atoms with Crippen LogP contribution in [0, 0.1) is 0 Å². The Morgan fingerprint density at radius 3 is 2.53 bits per heavy atom. The standard InChI is InChI=1S/C24H28N4O2/c29-23(27-15-10-19(11-16-27)26-12-5-6-13-26)18-8-9-20-21(17-18)25-22-7-3-1-2-4-14-28(22)24(20)30/h5-6,8-9,12-13,17,19H,1-4,7,10-11,14-16H2. The third-order valence-corrected chi connectivity index (χ3v) is 6.61. The molecule has 2 aliphatic rings. The summed E-state index contributed by atoms with van der Waals surface area (Å²) in [6.07, 6.45) is 11.4. The van der Waals surface area contributed by atoms with Crippen LogP contribution in [0.1, 0.15) is 60.7 Å². The minimum Gasteiger partial charge on any atom is -0.351 e. The molecule has 30 heavy (non-hydrogen) atoms. The largest absolute Gasteiger partial charge is 0.351 e. The molecule has 0 spiro atoms. The van der Waals surface area contributed by atoms with Gasteiger partial charge in [0.05, 0.1) is 10.9 Å². The van der Waals surface area contributed by atoms with E-state index in [4.69, 9.17) is 4.98 Å². The Balaban J connectivity index is 1.39. The maximum absolute atomic E-state index is 13.1. The molecule has 4 heterocycles. The average Bonchev–Trinajstić information content (AvgIpc) is 3.29. The highest BCUT2D eigenvalue weighted by molar-refractivity contribution is 5.97. The Hall–Kier alpha value is -2.89. The van der Waals surface area contributed by atoms with Crippen LogP contribution in [0.2, 0.25) is 0 Å². The first kappa shape index (κ1) is 19.1. The van der Waals surface area contributed by atoms with Gasteiger partial charge in [-0.05, 0) is 56.0 Å². The molecule has 0 unspecified atom stereocenters. The van der Waals surface area contributed by atoms with Gasteiger partial charge in [0.2, 0.25) is 0 Å². The van der Waals surface area contributed by atoms with Crippen molar-refractivity contribution in [3.05, 3.63) is 64.5 Å². The number of aryl methyl sites for hydroxylation is 1. The summed E-state index contributed by atoms with van der Waals surface area (Å²) in [4.78, 5) is 32.8. The monoisotopic (exact) mass is 404 g/mol. The molecule has 2 aliphatic heterocycles. The topological polar surface area (TPSA) is 60.1 Å². The van der Waals surface area contributed by atoms with Gasteiger partial charge in [0.25, 0.3) is 11.5 Å². The number of carbonyl (C=O) groups is 1. The molecule has 1 saturated heterocycles. The highest BCUT2D eigenvalue weighted by Crippen LogP contribution is 2.24. The number of nitrogens with zero attached hydrogens (tertiary/aromatic N) is 4. The van der Waals surface area contributed by atoms with Crippen molar-refractivity contribution in [2.24, 2.45) is 0 Å². The zero-order valence-electron chi connectivity index (χ0n) is 17.3. The highest BCUT2D eigenvalue weighted by Gasteiger charge is 2.25. The number of benzene rings is 1. The minimum atomic E-state index is 0.0310. The van der Waals surface area contributed by atoms with E-state index in [9.17, 15) is 9.59 Å². The number of likely N-dealkylation sites (tertiary alicyclic amines) is 1. The van der Waals surface area contributed by atoms with Crippen LogP contribution in [0.5, 0.6) is 0 Å². The number of fused-ring (bicyclic) bond motifs is 2. The first-order valence-corrected chi connectivity index (χ1v) is 11.2. The van der Waals surface area contributed by atoms with Crippen molar-refractivity contribution >= 4 is 16.8 Å².